The highest BCUT2D eigenvalue weighted by atomic mass is 16.2. The molecule has 0 atom stereocenters. The molecular weight excluding hydrogens is 176 g/mol. The van der Waals surface area contributed by atoms with Gasteiger partial charge < -0.3 is 0 Å². The second-order valence-electron chi connectivity index (χ2n) is 3.66. The number of hydrogen-bond donors (Lipinski definition) is 0. The lowest BCUT2D eigenvalue weighted by Gasteiger charge is -2.08. The topological polar surface area (TPSA) is 34.1 Å². The van der Waals surface area contributed by atoms with Crippen LogP contribution in [-0.2, 0) is 4.79 Å². The van der Waals surface area contributed by atoms with Gasteiger partial charge in [0.1, 0.15) is 0 Å². The van der Waals surface area contributed by atoms with Gasteiger partial charge in [-0.2, -0.15) is 0 Å². The Balaban J connectivity index is 3.35. The SMILES string of the molecule is CC(=O)C(=O)c1c(C)cc(C)cc1C. The Hall–Kier alpha value is -1.44. The molecule has 0 saturated carbocycles. The van der Waals surface area contributed by atoms with E-state index in [2.05, 4.69) is 0 Å². The van der Waals surface area contributed by atoms with Gasteiger partial charge in [0.25, 0.3) is 0 Å². The maximum atomic E-state index is 11.5. The third kappa shape index (κ3) is 1.90. The maximum absolute atomic E-state index is 11.5. The van der Waals surface area contributed by atoms with E-state index in [1.165, 1.54) is 6.92 Å². The highest BCUT2D eigenvalue weighted by molar-refractivity contribution is 6.43. The minimum absolute atomic E-state index is 0.389. The largest absolute Gasteiger partial charge is 0.291 e. The Kier molecular flexibility index (Phi) is 2.84. The fraction of sp³-hybridized carbons (Fsp3) is 0.333. The van der Waals surface area contributed by atoms with Gasteiger partial charge in [-0.05, 0) is 31.9 Å². The molecule has 74 valence electrons. The van der Waals surface area contributed by atoms with Gasteiger partial charge in [-0.1, -0.05) is 17.7 Å². The van der Waals surface area contributed by atoms with Crippen molar-refractivity contribution in [1.82, 2.24) is 0 Å². The zero-order valence-electron chi connectivity index (χ0n) is 8.97. The van der Waals surface area contributed by atoms with Gasteiger partial charge >= 0.3 is 0 Å². The molecule has 0 unspecified atom stereocenters. The second kappa shape index (κ2) is 3.74. The van der Waals surface area contributed by atoms with Crippen LogP contribution in [0.5, 0.6) is 0 Å². The molecule has 14 heavy (non-hydrogen) atoms. The highest BCUT2D eigenvalue weighted by Gasteiger charge is 2.16. The fourth-order valence-electron chi connectivity index (χ4n) is 1.71. The van der Waals surface area contributed by atoms with Crippen molar-refractivity contribution in [2.45, 2.75) is 27.7 Å². The maximum Gasteiger partial charge on any atom is 0.228 e. The third-order valence-corrected chi connectivity index (χ3v) is 2.22. The van der Waals surface area contributed by atoms with E-state index in [9.17, 15) is 9.59 Å². The number of carbonyl (C=O) groups is 2. The Bertz CT molecular complexity index is 380. The van der Waals surface area contributed by atoms with E-state index >= 15 is 0 Å². The van der Waals surface area contributed by atoms with Crippen molar-refractivity contribution in [2.24, 2.45) is 0 Å². The second-order valence-corrected chi connectivity index (χ2v) is 3.66. The Morgan fingerprint density at radius 2 is 1.43 bits per heavy atom. The van der Waals surface area contributed by atoms with Gasteiger partial charge in [0.05, 0.1) is 0 Å². The molecule has 2 heteroatoms. The predicted octanol–water partition coefficient (Wildman–Crippen LogP) is 2.38. The monoisotopic (exact) mass is 190 g/mol. The molecule has 1 aromatic carbocycles. The number of benzene rings is 1. The Labute approximate surface area is 83.9 Å². The lowest BCUT2D eigenvalue weighted by atomic mass is 9.95. The predicted molar refractivity (Wildman–Crippen MR) is 55.7 cm³/mol. The van der Waals surface area contributed by atoms with E-state index in [0.29, 0.717) is 5.56 Å². The van der Waals surface area contributed by atoms with Crippen LogP contribution in [-0.4, -0.2) is 11.6 Å². The normalized spacial score (nSPS) is 10.0. The Morgan fingerprint density at radius 1 is 1.00 bits per heavy atom. The van der Waals surface area contributed by atoms with Crippen LogP contribution in [0.25, 0.3) is 0 Å². The number of hydrogen-bond acceptors (Lipinski definition) is 2. The minimum atomic E-state index is -0.403. The van der Waals surface area contributed by atoms with Crippen molar-refractivity contribution in [3.8, 4) is 0 Å². The van der Waals surface area contributed by atoms with Crippen LogP contribution in [0.1, 0.15) is 34.0 Å². The number of rotatable bonds is 2. The van der Waals surface area contributed by atoms with E-state index in [4.69, 9.17) is 0 Å². The Morgan fingerprint density at radius 3 is 1.79 bits per heavy atom. The van der Waals surface area contributed by atoms with E-state index in [-0.39, 0.29) is 5.78 Å². The van der Waals surface area contributed by atoms with Crippen LogP contribution >= 0.6 is 0 Å². The van der Waals surface area contributed by atoms with Crippen molar-refractivity contribution in [3.05, 3.63) is 34.4 Å². The van der Waals surface area contributed by atoms with Crippen LogP contribution in [0.2, 0.25) is 0 Å². The van der Waals surface area contributed by atoms with E-state index in [1.54, 1.807) is 0 Å². The first-order chi connectivity index (χ1) is 6.43. The number of carbonyl (C=O) groups excluding carboxylic acids is 2. The summed E-state index contributed by atoms with van der Waals surface area (Å²) in [6.07, 6.45) is 0. The van der Waals surface area contributed by atoms with E-state index in [0.717, 1.165) is 16.7 Å². The summed E-state index contributed by atoms with van der Waals surface area (Å²) in [5.41, 5.74) is 3.42. The molecule has 0 fully saturated rings. The van der Waals surface area contributed by atoms with Crippen molar-refractivity contribution in [1.29, 1.82) is 0 Å². The molecular formula is C12H14O2. The summed E-state index contributed by atoms with van der Waals surface area (Å²) >= 11 is 0. The molecule has 0 bridgehead atoms. The quantitative estimate of drug-likeness (QED) is 0.530. The molecule has 0 spiro atoms. The molecule has 0 aliphatic rings. The molecule has 0 aromatic heterocycles. The smallest absolute Gasteiger partial charge is 0.228 e. The fourth-order valence-corrected chi connectivity index (χ4v) is 1.71. The average Bonchev–Trinajstić information content (AvgIpc) is 2.01. The van der Waals surface area contributed by atoms with Crippen LogP contribution < -0.4 is 0 Å². The van der Waals surface area contributed by atoms with Crippen LogP contribution in [0.3, 0.4) is 0 Å². The van der Waals surface area contributed by atoms with Gasteiger partial charge in [0, 0.05) is 12.5 Å². The van der Waals surface area contributed by atoms with Crippen LogP contribution in [0.15, 0.2) is 12.1 Å². The summed E-state index contributed by atoms with van der Waals surface area (Å²) in [5, 5.41) is 0. The van der Waals surface area contributed by atoms with Gasteiger partial charge in [0.15, 0.2) is 5.78 Å². The molecule has 1 aromatic rings. The van der Waals surface area contributed by atoms with Crippen molar-refractivity contribution in [2.75, 3.05) is 0 Å². The third-order valence-electron chi connectivity index (χ3n) is 2.22. The summed E-state index contributed by atoms with van der Waals surface area (Å²) < 4.78 is 0. The number of Topliss-reactive ketones (excluding diaryl/α,β-unsaturated/α-hetero) is 2. The zero-order chi connectivity index (χ0) is 10.9. The average molecular weight is 190 g/mol. The van der Waals surface area contributed by atoms with Gasteiger partial charge in [0.2, 0.25) is 5.78 Å². The molecule has 0 amide bonds. The first-order valence-corrected chi connectivity index (χ1v) is 4.56. The van der Waals surface area contributed by atoms with Crippen molar-refractivity contribution >= 4 is 11.6 Å². The molecule has 0 heterocycles. The highest BCUT2D eigenvalue weighted by Crippen LogP contribution is 2.17. The molecule has 0 aliphatic heterocycles. The lowest BCUT2D eigenvalue weighted by Crippen LogP contribution is -2.13. The number of ketones is 2. The summed E-state index contributed by atoms with van der Waals surface area (Å²) in [6.45, 7) is 7.00. The molecule has 0 N–H and O–H groups in total. The first kappa shape index (κ1) is 10.6. The van der Waals surface area contributed by atoms with Crippen LogP contribution in [0.4, 0.5) is 0 Å². The van der Waals surface area contributed by atoms with E-state index < -0.39 is 5.78 Å². The van der Waals surface area contributed by atoms with Gasteiger partial charge in [-0.3, -0.25) is 9.59 Å². The molecule has 1 rings (SSSR count). The summed E-state index contributed by atoms with van der Waals surface area (Å²) in [7, 11) is 0. The van der Waals surface area contributed by atoms with E-state index in [1.807, 2.05) is 32.9 Å². The van der Waals surface area contributed by atoms with Gasteiger partial charge in [-0.25, -0.2) is 0 Å². The molecule has 0 saturated heterocycles. The molecule has 0 aliphatic carbocycles. The van der Waals surface area contributed by atoms with Crippen molar-refractivity contribution < 1.29 is 9.59 Å². The summed E-state index contributed by atoms with van der Waals surface area (Å²) in [5.74, 6) is -0.792. The van der Waals surface area contributed by atoms with Crippen LogP contribution in [0, 0.1) is 20.8 Å². The summed E-state index contributed by atoms with van der Waals surface area (Å²) in [6, 6.07) is 3.84. The summed E-state index contributed by atoms with van der Waals surface area (Å²) in [4.78, 5) is 22.5. The first-order valence-electron chi connectivity index (χ1n) is 4.56. The molecule has 2 nitrogen and oxygen atoms in total. The molecule has 0 radical (unpaired) electrons. The zero-order valence-corrected chi connectivity index (χ0v) is 8.97. The van der Waals surface area contributed by atoms with Gasteiger partial charge in [-0.15, -0.1) is 0 Å². The lowest BCUT2D eigenvalue weighted by molar-refractivity contribution is -0.113. The standard InChI is InChI=1S/C12H14O2/c1-7-5-8(2)11(9(3)6-7)12(14)10(4)13/h5-6H,1-4H3. The number of aryl methyl sites for hydroxylation is 3. The van der Waals surface area contributed by atoms with Crippen molar-refractivity contribution in [3.63, 3.8) is 0 Å². The minimum Gasteiger partial charge on any atom is -0.291 e.